The van der Waals surface area contributed by atoms with Gasteiger partial charge in [0.15, 0.2) is 0 Å². The second kappa shape index (κ2) is 5.72. The quantitative estimate of drug-likeness (QED) is 0.790. The van der Waals surface area contributed by atoms with E-state index in [4.69, 9.17) is 9.22 Å². The normalized spacial score (nSPS) is 21.2. The third-order valence-corrected chi connectivity index (χ3v) is 4.89. The fourth-order valence-corrected chi connectivity index (χ4v) is 3.68. The summed E-state index contributed by atoms with van der Waals surface area (Å²) in [6.07, 6.45) is 2.45. The van der Waals surface area contributed by atoms with Crippen LogP contribution >= 0.6 is 0 Å². The molecule has 1 aromatic carbocycles. The second-order valence-electron chi connectivity index (χ2n) is 6.48. The molecular weight excluding hydrogens is 304 g/mol. The summed E-state index contributed by atoms with van der Waals surface area (Å²) < 4.78 is 26.4. The highest BCUT2D eigenvalue weighted by Crippen LogP contribution is 2.28. The molecule has 3 heterocycles. The zero-order chi connectivity index (χ0) is 19.3. The maximum atomic E-state index is 13.1. The van der Waals surface area contributed by atoms with Gasteiger partial charge < -0.3 is 5.11 Å². The van der Waals surface area contributed by atoms with Gasteiger partial charge in [0.1, 0.15) is 5.65 Å². The molecule has 1 unspecified atom stereocenters. The van der Waals surface area contributed by atoms with E-state index in [-0.39, 0.29) is 12.6 Å². The lowest BCUT2D eigenvalue weighted by Gasteiger charge is -2.16. The van der Waals surface area contributed by atoms with Crippen molar-refractivity contribution < 1.29 is 9.22 Å². The van der Waals surface area contributed by atoms with E-state index in [9.17, 15) is 4.79 Å². The molecule has 0 saturated carbocycles. The molecule has 0 bridgehead atoms. The number of aliphatic hydroxyl groups is 1. The molecule has 2 aromatic heterocycles. The van der Waals surface area contributed by atoms with Gasteiger partial charge in [0.05, 0.1) is 18.8 Å². The van der Waals surface area contributed by atoms with Gasteiger partial charge in [-0.3, -0.25) is 14.3 Å². The van der Waals surface area contributed by atoms with Gasteiger partial charge in [-0.1, -0.05) is 17.7 Å². The number of hydrogen-bond acceptors (Lipinski definition) is 4. The van der Waals surface area contributed by atoms with Crippen LogP contribution in [0.1, 0.15) is 22.1 Å². The molecule has 6 nitrogen and oxygen atoms in total. The Morgan fingerprint density at radius 3 is 3.04 bits per heavy atom. The molecular formula is C18H22N4O2. The minimum absolute atomic E-state index is 0.0371. The number of aromatic nitrogens is 3. The van der Waals surface area contributed by atoms with Gasteiger partial charge in [-0.15, -0.1) is 0 Å². The Bertz CT molecular complexity index is 1070. The van der Waals surface area contributed by atoms with Crippen LogP contribution in [0, 0.1) is 6.92 Å². The fourth-order valence-electron chi connectivity index (χ4n) is 3.68. The Hall–Kier alpha value is -2.18. The first-order chi connectivity index (χ1) is 12.8. The molecule has 1 fully saturated rings. The first-order valence-corrected chi connectivity index (χ1v) is 8.17. The van der Waals surface area contributed by atoms with Crippen LogP contribution in [0.5, 0.6) is 0 Å². The van der Waals surface area contributed by atoms with Gasteiger partial charge in [-0.25, -0.2) is 4.68 Å². The fraction of sp³-hybridized carbons (Fsp3) is 0.444. The van der Waals surface area contributed by atoms with Gasteiger partial charge in [0.2, 0.25) is 0 Å². The van der Waals surface area contributed by atoms with E-state index in [0.717, 1.165) is 28.5 Å². The predicted molar refractivity (Wildman–Crippen MR) is 94.4 cm³/mol. The number of likely N-dealkylation sites (tertiary alicyclic amines) is 1. The van der Waals surface area contributed by atoms with Crippen LogP contribution in [0.4, 0.5) is 0 Å². The van der Waals surface area contributed by atoms with E-state index in [1.807, 2.05) is 19.1 Å². The number of pyridine rings is 1. The molecule has 0 amide bonds. The first-order valence-electron chi connectivity index (χ1n) is 9.67. The molecule has 3 aromatic rings. The number of hydrogen-bond donors (Lipinski definition) is 1. The molecule has 126 valence electrons. The highest BCUT2D eigenvalue weighted by Gasteiger charge is 2.26. The third kappa shape index (κ3) is 2.25. The molecule has 24 heavy (non-hydrogen) atoms. The molecule has 1 aliphatic rings. The van der Waals surface area contributed by atoms with Crippen molar-refractivity contribution in [1.82, 2.24) is 19.2 Å². The maximum Gasteiger partial charge on any atom is 0.259 e. The third-order valence-electron chi connectivity index (χ3n) is 4.89. The zero-order valence-corrected chi connectivity index (χ0v) is 13.6. The minimum Gasteiger partial charge on any atom is -0.395 e. The number of fused-ring (bicyclic) bond motifs is 3. The predicted octanol–water partition coefficient (Wildman–Crippen LogP) is 1.44. The van der Waals surface area contributed by atoms with Crippen molar-refractivity contribution in [3.05, 3.63) is 40.3 Å². The summed E-state index contributed by atoms with van der Waals surface area (Å²) in [6, 6.07) is 5.47. The minimum atomic E-state index is -2.60. The highest BCUT2D eigenvalue weighted by molar-refractivity contribution is 6.04. The molecule has 1 aliphatic heterocycles. The Balaban J connectivity index is 2.00. The van der Waals surface area contributed by atoms with Crippen LogP contribution in [-0.4, -0.2) is 50.6 Å². The number of aryl methyl sites for hydroxylation is 2. The smallest absolute Gasteiger partial charge is 0.259 e. The van der Waals surface area contributed by atoms with E-state index in [1.54, 1.807) is 16.9 Å². The lowest BCUT2D eigenvalue weighted by Crippen LogP contribution is -2.26. The summed E-state index contributed by atoms with van der Waals surface area (Å²) >= 11 is 0. The van der Waals surface area contributed by atoms with Gasteiger partial charge in [0.25, 0.3) is 5.56 Å². The highest BCUT2D eigenvalue weighted by atomic mass is 16.3. The van der Waals surface area contributed by atoms with Crippen molar-refractivity contribution in [2.45, 2.75) is 19.4 Å². The Morgan fingerprint density at radius 2 is 2.25 bits per heavy atom. The number of β-amino-alcohol motifs (C(OH)–C–C–N with tert-alkyl or cyclic N) is 1. The Labute approximate surface area is 144 Å². The van der Waals surface area contributed by atoms with Crippen LogP contribution in [-0.2, 0) is 6.98 Å². The van der Waals surface area contributed by atoms with Gasteiger partial charge in [-0.2, -0.15) is 5.10 Å². The van der Waals surface area contributed by atoms with E-state index in [1.165, 1.54) is 0 Å². The van der Waals surface area contributed by atoms with Crippen molar-refractivity contribution in [1.29, 1.82) is 0 Å². The molecule has 1 N–H and O–H groups in total. The van der Waals surface area contributed by atoms with Crippen LogP contribution in [0.2, 0.25) is 0 Å². The van der Waals surface area contributed by atoms with Crippen LogP contribution in [0.3, 0.4) is 0 Å². The first kappa shape index (κ1) is 12.2. The van der Waals surface area contributed by atoms with Crippen molar-refractivity contribution >= 4 is 21.8 Å². The lowest BCUT2D eigenvalue weighted by molar-refractivity contribution is 0.217. The average Bonchev–Trinajstić information content (AvgIpc) is 3.21. The van der Waals surface area contributed by atoms with Crippen LogP contribution in [0.15, 0.2) is 29.2 Å². The topological polar surface area (TPSA) is 63.3 Å². The molecule has 0 aliphatic carbocycles. The molecule has 0 spiro atoms. The van der Waals surface area contributed by atoms with E-state index in [2.05, 4.69) is 10.00 Å². The van der Waals surface area contributed by atoms with Crippen molar-refractivity contribution in [2.75, 3.05) is 26.2 Å². The standard InChI is InChI=1S/C18H22N4O2/c1-12-3-4-14-15(9-12)18(24)20(2)17-16(14)10-19-22(17)13-5-6-21(11-13)7-8-23/h3-4,9-10,13,23H,5-8,11H2,1-2H3/i2D3. The zero-order valence-electron chi connectivity index (χ0n) is 16.6. The summed E-state index contributed by atoms with van der Waals surface area (Å²) in [5.74, 6) is 0. The summed E-state index contributed by atoms with van der Waals surface area (Å²) in [5, 5.41) is 15.4. The largest absolute Gasteiger partial charge is 0.395 e. The number of aliphatic hydroxyl groups excluding tert-OH is 1. The van der Waals surface area contributed by atoms with Crippen LogP contribution in [0.25, 0.3) is 21.8 Å². The van der Waals surface area contributed by atoms with Crippen molar-refractivity contribution in [3.63, 3.8) is 0 Å². The number of rotatable bonds is 3. The number of benzene rings is 1. The molecule has 1 atom stereocenters. The molecule has 6 heteroatoms. The average molecular weight is 329 g/mol. The lowest BCUT2D eigenvalue weighted by atomic mass is 10.1. The van der Waals surface area contributed by atoms with Crippen molar-refractivity contribution in [3.8, 4) is 0 Å². The van der Waals surface area contributed by atoms with Crippen LogP contribution < -0.4 is 5.56 Å². The van der Waals surface area contributed by atoms with Gasteiger partial charge in [0, 0.05) is 41.5 Å². The van der Waals surface area contributed by atoms with Gasteiger partial charge in [-0.05, 0) is 24.8 Å². The van der Waals surface area contributed by atoms with Crippen molar-refractivity contribution in [2.24, 2.45) is 6.98 Å². The van der Waals surface area contributed by atoms with E-state index in [0.29, 0.717) is 29.5 Å². The summed E-state index contributed by atoms with van der Waals surface area (Å²) in [7, 11) is 0. The summed E-state index contributed by atoms with van der Waals surface area (Å²) in [4.78, 5) is 15.2. The van der Waals surface area contributed by atoms with Gasteiger partial charge >= 0.3 is 0 Å². The maximum absolute atomic E-state index is 13.1. The molecule has 0 radical (unpaired) electrons. The monoisotopic (exact) mass is 329 g/mol. The van der Waals surface area contributed by atoms with E-state index < -0.39 is 12.5 Å². The molecule has 1 saturated heterocycles. The Morgan fingerprint density at radius 1 is 1.38 bits per heavy atom. The SMILES string of the molecule is [2H]C([2H])([2H])n1c(=O)c2cc(C)ccc2c2cnn(C3CCN(CCO)C3)c21. The number of nitrogens with zero attached hydrogens (tertiary/aromatic N) is 4. The second-order valence-corrected chi connectivity index (χ2v) is 6.48. The molecule has 4 rings (SSSR count). The van der Waals surface area contributed by atoms with E-state index >= 15 is 0 Å². The summed E-state index contributed by atoms with van der Waals surface area (Å²) in [6.45, 7) is 1.39. The summed E-state index contributed by atoms with van der Waals surface area (Å²) in [5.41, 5.74) is 0.722. The Kier molecular flexibility index (Phi) is 2.91.